The number of nitrogens with one attached hydrogen (secondary N) is 2. The van der Waals surface area contributed by atoms with E-state index in [0.717, 1.165) is 13.0 Å². The molecular formula is C4H9N2. The van der Waals surface area contributed by atoms with Crippen molar-refractivity contribution in [2.45, 2.75) is 19.0 Å². The SMILES string of the molecule is [NH]C1CCCN1. The molecule has 1 radical (unpaired) electrons. The van der Waals surface area contributed by atoms with Gasteiger partial charge in [-0.2, -0.15) is 0 Å². The minimum absolute atomic E-state index is 0.0463. The number of hydrogen-bond donors (Lipinski definition) is 1. The normalized spacial score (nSPS) is 34.5. The Bertz CT molecular complexity index is 38.8. The average molecular weight is 85.1 g/mol. The molecule has 1 unspecified atom stereocenters. The molecule has 35 valence electrons. The fraction of sp³-hybridized carbons (Fsp3) is 1.00. The van der Waals surface area contributed by atoms with E-state index >= 15 is 0 Å². The first-order chi connectivity index (χ1) is 2.89. The van der Waals surface area contributed by atoms with Crippen LogP contribution in [0.15, 0.2) is 0 Å². The van der Waals surface area contributed by atoms with Crippen LogP contribution in [-0.2, 0) is 0 Å². The van der Waals surface area contributed by atoms with Crippen molar-refractivity contribution in [3.05, 3.63) is 0 Å². The molecule has 1 rings (SSSR count). The fourth-order valence-electron chi connectivity index (χ4n) is 0.685. The van der Waals surface area contributed by atoms with Crippen LogP contribution in [0.4, 0.5) is 0 Å². The van der Waals surface area contributed by atoms with Gasteiger partial charge in [0, 0.05) is 0 Å². The van der Waals surface area contributed by atoms with Crippen molar-refractivity contribution in [3.8, 4) is 0 Å². The molecular weight excluding hydrogens is 76.1 g/mol. The number of rotatable bonds is 0. The summed E-state index contributed by atoms with van der Waals surface area (Å²) in [6.45, 7) is 1.05. The molecule has 0 amide bonds. The van der Waals surface area contributed by atoms with Crippen molar-refractivity contribution < 1.29 is 0 Å². The molecule has 0 aromatic heterocycles. The summed E-state index contributed by atoms with van der Waals surface area (Å²) in [5.74, 6) is 0. The monoisotopic (exact) mass is 85.1 g/mol. The lowest BCUT2D eigenvalue weighted by Gasteiger charge is -1.94. The summed E-state index contributed by atoms with van der Waals surface area (Å²) in [4.78, 5) is 0. The van der Waals surface area contributed by atoms with Gasteiger partial charge in [-0.25, -0.2) is 5.73 Å². The first kappa shape index (κ1) is 4.09. The van der Waals surface area contributed by atoms with Crippen LogP contribution in [0.25, 0.3) is 0 Å². The van der Waals surface area contributed by atoms with Gasteiger partial charge in [-0.15, -0.1) is 0 Å². The van der Waals surface area contributed by atoms with Crippen molar-refractivity contribution in [3.63, 3.8) is 0 Å². The standard InChI is InChI=1S/C4H9N2/c5-4-2-1-3-6-4/h4-6H,1-3H2. The summed E-state index contributed by atoms with van der Waals surface area (Å²) in [7, 11) is 0. The van der Waals surface area contributed by atoms with Crippen molar-refractivity contribution >= 4 is 0 Å². The highest BCUT2D eigenvalue weighted by atomic mass is 15.0. The summed E-state index contributed by atoms with van der Waals surface area (Å²) in [6.07, 6.45) is 2.28. The number of hydrogen-bond acceptors (Lipinski definition) is 1. The van der Waals surface area contributed by atoms with E-state index in [1.807, 2.05) is 0 Å². The van der Waals surface area contributed by atoms with E-state index < -0.39 is 0 Å². The van der Waals surface area contributed by atoms with E-state index in [9.17, 15) is 0 Å². The molecule has 0 aromatic carbocycles. The minimum Gasteiger partial charge on any atom is -0.301 e. The third kappa shape index (κ3) is 0.698. The molecule has 1 heterocycles. The molecule has 1 fully saturated rings. The Hall–Kier alpha value is -0.0800. The molecule has 2 heteroatoms. The second kappa shape index (κ2) is 1.58. The van der Waals surface area contributed by atoms with Gasteiger partial charge in [0.05, 0.1) is 6.17 Å². The molecule has 1 atom stereocenters. The highest BCUT2D eigenvalue weighted by Crippen LogP contribution is 1.98. The molecule has 2 N–H and O–H groups in total. The van der Waals surface area contributed by atoms with Gasteiger partial charge in [-0.3, -0.25) is 0 Å². The maximum Gasteiger partial charge on any atom is 0.0705 e. The molecule has 1 aliphatic rings. The van der Waals surface area contributed by atoms with E-state index in [4.69, 9.17) is 5.73 Å². The molecule has 1 aliphatic heterocycles. The second-order valence-electron chi connectivity index (χ2n) is 1.65. The molecule has 2 nitrogen and oxygen atoms in total. The first-order valence-electron chi connectivity index (χ1n) is 2.34. The fourth-order valence-corrected chi connectivity index (χ4v) is 0.685. The Balaban J connectivity index is 2.18. The Morgan fingerprint density at radius 2 is 2.50 bits per heavy atom. The van der Waals surface area contributed by atoms with Crippen LogP contribution in [0.1, 0.15) is 12.8 Å². The second-order valence-corrected chi connectivity index (χ2v) is 1.65. The first-order valence-corrected chi connectivity index (χ1v) is 2.34. The summed E-state index contributed by atoms with van der Waals surface area (Å²) < 4.78 is 0. The van der Waals surface area contributed by atoms with Crippen LogP contribution in [0.3, 0.4) is 0 Å². The maximum absolute atomic E-state index is 7.02. The third-order valence-electron chi connectivity index (χ3n) is 1.06. The lowest BCUT2D eigenvalue weighted by Crippen LogP contribution is -2.21. The molecule has 0 aliphatic carbocycles. The highest BCUT2D eigenvalue weighted by molar-refractivity contribution is 4.65. The molecule has 6 heavy (non-hydrogen) atoms. The quantitative estimate of drug-likeness (QED) is 0.441. The molecule has 0 saturated carbocycles. The van der Waals surface area contributed by atoms with E-state index in [1.54, 1.807) is 0 Å². The van der Waals surface area contributed by atoms with Crippen molar-refractivity contribution in [2.75, 3.05) is 6.54 Å². The van der Waals surface area contributed by atoms with Gasteiger partial charge >= 0.3 is 0 Å². The Labute approximate surface area is 37.7 Å². The zero-order chi connectivity index (χ0) is 4.41. The van der Waals surface area contributed by atoms with Crippen LogP contribution in [-0.4, -0.2) is 12.7 Å². The Morgan fingerprint density at radius 1 is 1.67 bits per heavy atom. The van der Waals surface area contributed by atoms with Crippen LogP contribution >= 0.6 is 0 Å². The summed E-state index contributed by atoms with van der Waals surface area (Å²) in [5, 5.41) is 2.99. The van der Waals surface area contributed by atoms with Crippen molar-refractivity contribution in [2.24, 2.45) is 0 Å². The van der Waals surface area contributed by atoms with Crippen LogP contribution in [0, 0.1) is 0 Å². The van der Waals surface area contributed by atoms with Gasteiger partial charge in [0.1, 0.15) is 0 Å². The van der Waals surface area contributed by atoms with Crippen molar-refractivity contribution in [1.29, 1.82) is 0 Å². The van der Waals surface area contributed by atoms with E-state index in [1.165, 1.54) is 6.42 Å². The predicted molar refractivity (Wildman–Crippen MR) is 24.1 cm³/mol. The van der Waals surface area contributed by atoms with E-state index in [0.29, 0.717) is 0 Å². The molecule has 0 aromatic rings. The average Bonchev–Trinajstić information content (AvgIpc) is 1.86. The van der Waals surface area contributed by atoms with Gasteiger partial charge in [0.25, 0.3) is 0 Å². The largest absolute Gasteiger partial charge is 0.301 e. The van der Waals surface area contributed by atoms with Gasteiger partial charge < -0.3 is 5.32 Å². The smallest absolute Gasteiger partial charge is 0.0705 e. The van der Waals surface area contributed by atoms with Gasteiger partial charge in [0.2, 0.25) is 0 Å². The predicted octanol–water partition coefficient (Wildman–Crippen LogP) is -0.0212. The third-order valence-corrected chi connectivity index (χ3v) is 1.06. The summed E-state index contributed by atoms with van der Waals surface area (Å²) >= 11 is 0. The molecule has 1 saturated heterocycles. The summed E-state index contributed by atoms with van der Waals surface area (Å²) in [6, 6.07) is 0. The van der Waals surface area contributed by atoms with Crippen LogP contribution in [0.5, 0.6) is 0 Å². The Morgan fingerprint density at radius 3 is 2.67 bits per heavy atom. The zero-order valence-corrected chi connectivity index (χ0v) is 3.70. The molecule has 0 spiro atoms. The van der Waals surface area contributed by atoms with Crippen molar-refractivity contribution in [1.82, 2.24) is 11.1 Å². The topological polar surface area (TPSA) is 35.8 Å². The maximum atomic E-state index is 7.02. The lowest BCUT2D eigenvalue weighted by atomic mass is 10.3. The van der Waals surface area contributed by atoms with E-state index in [2.05, 4.69) is 5.32 Å². The Kier molecular flexibility index (Phi) is 1.08. The summed E-state index contributed by atoms with van der Waals surface area (Å²) in [5.41, 5.74) is 7.02. The van der Waals surface area contributed by atoms with Gasteiger partial charge in [-0.05, 0) is 19.4 Å². The van der Waals surface area contributed by atoms with Crippen LogP contribution < -0.4 is 11.1 Å². The highest BCUT2D eigenvalue weighted by Gasteiger charge is 2.06. The lowest BCUT2D eigenvalue weighted by molar-refractivity contribution is 0.615. The van der Waals surface area contributed by atoms with Crippen LogP contribution in [0.2, 0.25) is 0 Å². The van der Waals surface area contributed by atoms with Gasteiger partial charge in [-0.1, -0.05) is 0 Å². The zero-order valence-electron chi connectivity index (χ0n) is 3.70. The molecule has 0 bridgehead atoms. The minimum atomic E-state index is 0.0463. The van der Waals surface area contributed by atoms with E-state index in [-0.39, 0.29) is 6.17 Å². The van der Waals surface area contributed by atoms with Gasteiger partial charge in [0.15, 0.2) is 0 Å².